The van der Waals surface area contributed by atoms with Crippen LogP contribution in [-0.4, -0.2) is 18.4 Å². The van der Waals surface area contributed by atoms with E-state index in [1.54, 1.807) is 18.9 Å². The van der Waals surface area contributed by atoms with Crippen molar-refractivity contribution in [3.8, 4) is 5.75 Å². The van der Waals surface area contributed by atoms with E-state index in [4.69, 9.17) is 4.74 Å². The third kappa shape index (κ3) is 3.20. The number of hydrogen-bond donors (Lipinski definition) is 0. The molecule has 0 radical (unpaired) electrons. The number of ether oxygens (including phenoxy) is 1. The quantitative estimate of drug-likeness (QED) is 0.619. The number of aromatic nitrogens is 1. The van der Waals surface area contributed by atoms with Gasteiger partial charge in [0.25, 0.3) is 0 Å². The Balaban J connectivity index is 2.12. The first-order valence-electron chi connectivity index (χ1n) is 6.32. The number of aryl methyl sites for hydroxylation is 1. The Kier molecular flexibility index (Phi) is 4.79. The van der Waals surface area contributed by atoms with Crippen LogP contribution in [0.4, 0.5) is 0 Å². The number of pyridine rings is 1. The van der Waals surface area contributed by atoms with E-state index in [-0.39, 0.29) is 0 Å². The maximum atomic E-state index is 10.6. The van der Waals surface area contributed by atoms with Gasteiger partial charge in [0, 0.05) is 33.5 Å². The van der Waals surface area contributed by atoms with Crippen LogP contribution in [0.25, 0.3) is 0 Å². The molecule has 0 unspecified atom stereocenters. The zero-order valence-electron chi connectivity index (χ0n) is 11.8. The van der Waals surface area contributed by atoms with Crippen molar-refractivity contribution in [2.75, 3.05) is 7.11 Å². The highest BCUT2D eigenvalue weighted by Crippen LogP contribution is 2.29. The number of carbonyl (C=O) groups excluding carboxylic acids is 1. The Morgan fingerprint density at radius 2 is 1.95 bits per heavy atom. The van der Waals surface area contributed by atoms with Crippen molar-refractivity contribution in [2.24, 2.45) is 0 Å². The van der Waals surface area contributed by atoms with Crippen molar-refractivity contribution < 1.29 is 9.53 Å². The molecular formula is C16H17NO2S. The number of nitrogens with zero attached hydrogens (tertiary/aromatic N) is 1. The number of aldehydes is 1. The van der Waals surface area contributed by atoms with E-state index < -0.39 is 0 Å². The zero-order valence-corrected chi connectivity index (χ0v) is 12.7. The van der Waals surface area contributed by atoms with Gasteiger partial charge < -0.3 is 4.74 Å². The van der Waals surface area contributed by atoms with Gasteiger partial charge in [-0.05, 0) is 26.0 Å². The summed E-state index contributed by atoms with van der Waals surface area (Å²) in [7, 11) is 1.68. The molecule has 0 N–H and O–H groups in total. The van der Waals surface area contributed by atoms with E-state index in [1.807, 2.05) is 44.3 Å². The van der Waals surface area contributed by atoms with Crippen molar-refractivity contribution in [2.45, 2.75) is 24.5 Å². The molecule has 0 saturated carbocycles. The average molecular weight is 287 g/mol. The molecule has 3 nitrogen and oxygen atoms in total. The highest BCUT2D eigenvalue weighted by molar-refractivity contribution is 7.98. The molecule has 0 fully saturated rings. The summed E-state index contributed by atoms with van der Waals surface area (Å²) in [6.07, 6.45) is 2.70. The van der Waals surface area contributed by atoms with E-state index in [1.165, 1.54) is 0 Å². The summed E-state index contributed by atoms with van der Waals surface area (Å²) in [4.78, 5) is 16.2. The average Bonchev–Trinajstić information content (AvgIpc) is 2.47. The topological polar surface area (TPSA) is 39.2 Å². The molecule has 2 rings (SSSR count). The van der Waals surface area contributed by atoms with E-state index in [9.17, 15) is 4.79 Å². The number of hydrogen-bond acceptors (Lipinski definition) is 4. The fourth-order valence-corrected chi connectivity index (χ4v) is 2.93. The summed E-state index contributed by atoms with van der Waals surface area (Å²) in [5.74, 6) is 1.69. The minimum absolute atomic E-state index is 0.695. The van der Waals surface area contributed by atoms with Crippen molar-refractivity contribution in [3.05, 3.63) is 52.8 Å². The fourth-order valence-electron chi connectivity index (χ4n) is 2.01. The molecule has 0 aliphatic carbocycles. The van der Waals surface area contributed by atoms with Gasteiger partial charge in [-0.2, -0.15) is 0 Å². The summed E-state index contributed by atoms with van der Waals surface area (Å²) < 4.78 is 5.41. The van der Waals surface area contributed by atoms with Crippen LogP contribution >= 0.6 is 11.8 Å². The zero-order chi connectivity index (χ0) is 14.5. The van der Waals surface area contributed by atoms with Crippen LogP contribution in [0.2, 0.25) is 0 Å². The highest BCUT2D eigenvalue weighted by atomic mass is 32.2. The molecule has 1 aromatic carbocycles. The summed E-state index contributed by atoms with van der Waals surface area (Å²) in [5, 5.41) is 0. The lowest BCUT2D eigenvalue weighted by Crippen LogP contribution is -1.98. The van der Waals surface area contributed by atoms with Crippen LogP contribution in [-0.2, 0) is 5.75 Å². The minimum Gasteiger partial charge on any atom is -0.496 e. The molecule has 1 aromatic heterocycles. The summed E-state index contributed by atoms with van der Waals surface area (Å²) >= 11 is 1.70. The van der Waals surface area contributed by atoms with Crippen molar-refractivity contribution >= 4 is 18.0 Å². The molecular weight excluding hydrogens is 270 g/mol. The van der Waals surface area contributed by atoms with Crippen LogP contribution in [0.1, 0.15) is 27.2 Å². The SMILES string of the molecule is COc1c(C)cnc(CSc2ccc(C=O)cc2)c1C. The number of thioether (sulfide) groups is 1. The molecule has 0 amide bonds. The summed E-state index contributed by atoms with van der Waals surface area (Å²) in [6.45, 7) is 4.03. The van der Waals surface area contributed by atoms with Crippen molar-refractivity contribution in [1.29, 1.82) is 0 Å². The van der Waals surface area contributed by atoms with E-state index >= 15 is 0 Å². The number of benzene rings is 1. The fraction of sp³-hybridized carbons (Fsp3) is 0.250. The minimum atomic E-state index is 0.695. The van der Waals surface area contributed by atoms with Crippen LogP contribution in [0, 0.1) is 13.8 Å². The Hall–Kier alpha value is -1.81. The van der Waals surface area contributed by atoms with E-state index in [0.717, 1.165) is 39.5 Å². The third-order valence-electron chi connectivity index (χ3n) is 3.14. The molecule has 104 valence electrons. The Bertz CT molecular complexity index is 609. The largest absolute Gasteiger partial charge is 0.496 e. The lowest BCUT2D eigenvalue weighted by molar-refractivity contribution is 0.112. The molecule has 20 heavy (non-hydrogen) atoms. The molecule has 0 spiro atoms. The smallest absolute Gasteiger partial charge is 0.150 e. The van der Waals surface area contributed by atoms with Gasteiger partial charge in [-0.3, -0.25) is 9.78 Å². The Labute approximate surface area is 123 Å². The number of methoxy groups -OCH3 is 1. The molecule has 2 aromatic rings. The number of carbonyl (C=O) groups is 1. The second-order valence-electron chi connectivity index (χ2n) is 4.52. The molecule has 0 atom stereocenters. The van der Waals surface area contributed by atoms with E-state index in [0.29, 0.717) is 5.56 Å². The second-order valence-corrected chi connectivity index (χ2v) is 5.57. The first-order chi connectivity index (χ1) is 9.65. The lowest BCUT2D eigenvalue weighted by Gasteiger charge is -2.12. The van der Waals surface area contributed by atoms with Crippen LogP contribution in [0.3, 0.4) is 0 Å². The first kappa shape index (κ1) is 14.6. The molecule has 0 bridgehead atoms. The van der Waals surface area contributed by atoms with E-state index in [2.05, 4.69) is 4.98 Å². The van der Waals surface area contributed by atoms with Gasteiger partial charge in [0.05, 0.1) is 12.8 Å². The van der Waals surface area contributed by atoms with Gasteiger partial charge in [-0.25, -0.2) is 0 Å². The van der Waals surface area contributed by atoms with Gasteiger partial charge in [0.15, 0.2) is 0 Å². The van der Waals surface area contributed by atoms with Gasteiger partial charge in [0.1, 0.15) is 12.0 Å². The molecule has 1 heterocycles. The maximum absolute atomic E-state index is 10.6. The predicted octanol–water partition coefficient (Wildman–Crippen LogP) is 3.81. The third-order valence-corrected chi connectivity index (χ3v) is 4.16. The van der Waals surface area contributed by atoms with Crippen LogP contribution in [0.15, 0.2) is 35.4 Å². The summed E-state index contributed by atoms with van der Waals surface area (Å²) in [5.41, 5.74) is 3.86. The molecule has 4 heteroatoms. The van der Waals surface area contributed by atoms with Gasteiger partial charge >= 0.3 is 0 Å². The van der Waals surface area contributed by atoms with Crippen molar-refractivity contribution in [1.82, 2.24) is 4.98 Å². The predicted molar refractivity (Wildman–Crippen MR) is 81.7 cm³/mol. The maximum Gasteiger partial charge on any atom is 0.150 e. The van der Waals surface area contributed by atoms with Gasteiger partial charge in [-0.15, -0.1) is 11.8 Å². The van der Waals surface area contributed by atoms with Crippen molar-refractivity contribution in [3.63, 3.8) is 0 Å². The Morgan fingerprint density at radius 1 is 1.25 bits per heavy atom. The first-order valence-corrected chi connectivity index (χ1v) is 7.31. The van der Waals surface area contributed by atoms with Gasteiger partial charge in [-0.1, -0.05) is 12.1 Å². The van der Waals surface area contributed by atoms with Crippen LogP contribution < -0.4 is 4.74 Å². The van der Waals surface area contributed by atoms with Crippen LogP contribution in [0.5, 0.6) is 5.75 Å². The summed E-state index contributed by atoms with van der Waals surface area (Å²) in [6, 6.07) is 7.56. The monoisotopic (exact) mass is 287 g/mol. The Morgan fingerprint density at radius 3 is 2.55 bits per heavy atom. The highest BCUT2D eigenvalue weighted by Gasteiger charge is 2.09. The molecule has 0 aliphatic heterocycles. The van der Waals surface area contributed by atoms with Gasteiger partial charge in [0.2, 0.25) is 0 Å². The standard InChI is InChI=1S/C16H17NO2S/c1-11-8-17-15(12(2)16(11)19-3)10-20-14-6-4-13(9-18)5-7-14/h4-9H,10H2,1-3H3. The second kappa shape index (κ2) is 6.57. The lowest BCUT2D eigenvalue weighted by atomic mass is 10.1. The normalized spacial score (nSPS) is 10.3. The molecule has 0 aliphatic rings. The molecule has 0 saturated heterocycles. The number of rotatable bonds is 5.